The Bertz CT molecular complexity index is 875. The zero-order valence-electron chi connectivity index (χ0n) is 15.5. The number of hydrogen-bond donors (Lipinski definition) is 1. The summed E-state index contributed by atoms with van der Waals surface area (Å²) in [6.45, 7) is 4.82. The van der Waals surface area contributed by atoms with Gasteiger partial charge < -0.3 is 14.5 Å². The molecule has 6 heteroatoms. The van der Waals surface area contributed by atoms with Crippen molar-refractivity contribution in [1.29, 1.82) is 0 Å². The van der Waals surface area contributed by atoms with E-state index in [4.69, 9.17) is 9.15 Å². The molecule has 1 amide bonds. The van der Waals surface area contributed by atoms with Gasteiger partial charge in [0.15, 0.2) is 6.61 Å². The molecule has 0 fully saturated rings. The zero-order chi connectivity index (χ0) is 19.1. The van der Waals surface area contributed by atoms with Gasteiger partial charge in [0.05, 0.1) is 5.56 Å². The SMILES string of the molecule is CC(C)CCNC(=O)COc1ccccc1-c1nnc(-c2ccccc2)o1. The maximum Gasteiger partial charge on any atom is 0.257 e. The van der Waals surface area contributed by atoms with Gasteiger partial charge in [-0.3, -0.25) is 4.79 Å². The number of amides is 1. The van der Waals surface area contributed by atoms with Gasteiger partial charge in [-0.1, -0.05) is 44.2 Å². The van der Waals surface area contributed by atoms with Crippen LogP contribution in [0, 0.1) is 5.92 Å². The van der Waals surface area contributed by atoms with Crippen LogP contribution < -0.4 is 10.1 Å². The number of para-hydroxylation sites is 1. The largest absolute Gasteiger partial charge is 0.483 e. The van der Waals surface area contributed by atoms with Crippen LogP contribution in [-0.2, 0) is 4.79 Å². The monoisotopic (exact) mass is 365 g/mol. The van der Waals surface area contributed by atoms with Gasteiger partial charge in [0, 0.05) is 12.1 Å². The van der Waals surface area contributed by atoms with Crippen LogP contribution in [-0.4, -0.2) is 29.3 Å². The van der Waals surface area contributed by atoms with Crippen molar-refractivity contribution in [2.75, 3.05) is 13.2 Å². The highest BCUT2D eigenvalue weighted by Gasteiger charge is 2.15. The van der Waals surface area contributed by atoms with E-state index in [-0.39, 0.29) is 12.5 Å². The van der Waals surface area contributed by atoms with Crippen LogP contribution in [0.1, 0.15) is 20.3 Å². The Balaban J connectivity index is 1.68. The van der Waals surface area contributed by atoms with E-state index >= 15 is 0 Å². The first-order valence-electron chi connectivity index (χ1n) is 9.01. The van der Waals surface area contributed by atoms with Gasteiger partial charge in [-0.25, -0.2) is 0 Å². The molecule has 1 aromatic heterocycles. The lowest BCUT2D eigenvalue weighted by Crippen LogP contribution is -2.30. The molecule has 0 aliphatic heterocycles. The van der Waals surface area contributed by atoms with Gasteiger partial charge in [-0.15, -0.1) is 10.2 Å². The van der Waals surface area contributed by atoms with Gasteiger partial charge in [0.25, 0.3) is 11.8 Å². The predicted octanol–water partition coefficient (Wildman–Crippen LogP) is 3.94. The third-order valence-electron chi connectivity index (χ3n) is 3.97. The van der Waals surface area contributed by atoms with Crippen molar-refractivity contribution in [2.24, 2.45) is 5.92 Å². The molecule has 1 N–H and O–H groups in total. The second-order valence-corrected chi connectivity index (χ2v) is 6.60. The van der Waals surface area contributed by atoms with E-state index in [0.29, 0.717) is 35.6 Å². The minimum absolute atomic E-state index is 0.0607. The molecule has 0 atom stereocenters. The number of hydrogen-bond acceptors (Lipinski definition) is 5. The molecule has 0 saturated carbocycles. The fourth-order valence-electron chi connectivity index (χ4n) is 2.49. The van der Waals surface area contributed by atoms with Crippen LogP contribution in [0.5, 0.6) is 5.75 Å². The van der Waals surface area contributed by atoms with Crippen LogP contribution in [0.15, 0.2) is 59.0 Å². The third-order valence-corrected chi connectivity index (χ3v) is 3.97. The van der Waals surface area contributed by atoms with E-state index in [1.807, 2.05) is 48.5 Å². The Morgan fingerprint density at radius 3 is 2.52 bits per heavy atom. The highest BCUT2D eigenvalue weighted by molar-refractivity contribution is 5.77. The fraction of sp³-hybridized carbons (Fsp3) is 0.286. The normalized spacial score (nSPS) is 10.8. The summed E-state index contributed by atoms with van der Waals surface area (Å²) in [5.74, 6) is 1.71. The molecular weight excluding hydrogens is 342 g/mol. The molecule has 0 unspecified atom stereocenters. The third kappa shape index (κ3) is 5.17. The molecule has 3 rings (SSSR count). The van der Waals surface area contributed by atoms with Gasteiger partial charge in [0.2, 0.25) is 5.89 Å². The molecule has 0 aliphatic rings. The highest BCUT2D eigenvalue weighted by Crippen LogP contribution is 2.30. The molecule has 0 aliphatic carbocycles. The fourth-order valence-corrected chi connectivity index (χ4v) is 2.49. The Morgan fingerprint density at radius 1 is 1.04 bits per heavy atom. The van der Waals surface area contributed by atoms with Crippen LogP contribution in [0.4, 0.5) is 0 Å². The second-order valence-electron chi connectivity index (χ2n) is 6.60. The lowest BCUT2D eigenvalue weighted by molar-refractivity contribution is -0.123. The Hall–Kier alpha value is -3.15. The number of rotatable bonds is 8. The number of benzene rings is 2. The van der Waals surface area contributed by atoms with E-state index in [9.17, 15) is 4.79 Å². The lowest BCUT2D eigenvalue weighted by atomic mass is 10.1. The first-order valence-corrected chi connectivity index (χ1v) is 9.01. The maximum absolute atomic E-state index is 11.9. The van der Waals surface area contributed by atoms with Gasteiger partial charge in [-0.05, 0) is 36.6 Å². The number of carbonyl (C=O) groups excluding carboxylic acids is 1. The summed E-state index contributed by atoms with van der Waals surface area (Å²) in [5.41, 5.74) is 1.50. The lowest BCUT2D eigenvalue weighted by Gasteiger charge is -2.10. The van der Waals surface area contributed by atoms with Crippen molar-refractivity contribution < 1.29 is 13.9 Å². The van der Waals surface area contributed by atoms with Gasteiger partial charge in [-0.2, -0.15) is 0 Å². The van der Waals surface area contributed by atoms with E-state index in [2.05, 4.69) is 29.4 Å². The van der Waals surface area contributed by atoms with E-state index in [1.165, 1.54) is 0 Å². The summed E-state index contributed by atoms with van der Waals surface area (Å²) in [6, 6.07) is 16.9. The molecule has 0 spiro atoms. The highest BCUT2D eigenvalue weighted by atomic mass is 16.5. The topological polar surface area (TPSA) is 77.2 Å². The average Bonchev–Trinajstić information content (AvgIpc) is 3.17. The Morgan fingerprint density at radius 2 is 1.74 bits per heavy atom. The number of carbonyl (C=O) groups is 1. The maximum atomic E-state index is 11.9. The predicted molar refractivity (Wildman–Crippen MR) is 103 cm³/mol. The second kappa shape index (κ2) is 8.98. The molecule has 0 bridgehead atoms. The number of aromatic nitrogens is 2. The number of ether oxygens (including phenoxy) is 1. The molecule has 27 heavy (non-hydrogen) atoms. The molecule has 1 heterocycles. The number of nitrogens with zero attached hydrogens (tertiary/aromatic N) is 2. The molecule has 3 aromatic rings. The summed E-state index contributed by atoms with van der Waals surface area (Å²) >= 11 is 0. The molecule has 6 nitrogen and oxygen atoms in total. The molecule has 2 aromatic carbocycles. The summed E-state index contributed by atoms with van der Waals surface area (Å²) in [5, 5.41) is 11.1. The van der Waals surface area contributed by atoms with Crippen molar-refractivity contribution >= 4 is 5.91 Å². The summed E-state index contributed by atoms with van der Waals surface area (Å²) in [4.78, 5) is 11.9. The number of nitrogens with one attached hydrogen (secondary N) is 1. The van der Waals surface area contributed by atoms with Crippen molar-refractivity contribution in [3.05, 3.63) is 54.6 Å². The van der Waals surface area contributed by atoms with Crippen molar-refractivity contribution in [3.8, 4) is 28.7 Å². The van der Waals surface area contributed by atoms with Gasteiger partial charge in [0.1, 0.15) is 5.75 Å². The minimum Gasteiger partial charge on any atom is -0.483 e. The quantitative estimate of drug-likeness (QED) is 0.654. The summed E-state index contributed by atoms with van der Waals surface area (Å²) < 4.78 is 11.5. The standard InChI is InChI=1S/C21H23N3O3/c1-15(2)12-13-22-19(25)14-26-18-11-7-6-10-17(18)21-24-23-20(27-21)16-8-4-3-5-9-16/h3-11,15H,12-14H2,1-2H3,(H,22,25). The molecule has 0 saturated heterocycles. The Kier molecular flexibility index (Phi) is 6.20. The van der Waals surface area contributed by atoms with Crippen LogP contribution >= 0.6 is 0 Å². The smallest absolute Gasteiger partial charge is 0.257 e. The van der Waals surface area contributed by atoms with E-state index in [1.54, 1.807) is 6.07 Å². The zero-order valence-corrected chi connectivity index (χ0v) is 15.5. The molecule has 0 radical (unpaired) electrons. The van der Waals surface area contributed by atoms with Crippen molar-refractivity contribution in [3.63, 3.8) is 0 Å². The van der Waals surface area contributed by atoms with Crippen molar-refractivity contribution in [2.45, 2.75) is 20.3 Å². The summed E-state index contributed by atoms with van der Waals surface area (Å²) in [7, 11) is 0. The van der Waals surface area contributed by atoms with Crippen LogP contribution in [0.3, 0.4) is 0 Å². The van der Waals surface area contributed by atoms with E-state index < -0.39 is 0 Å². The Labute approximate surface area is 158 Å². The molecule has 140 valence electrons. The summed E-state index contributed by atoms with van der Waals surface area (Å²) in [6.07, 6.45) is 0.937. The minimum atomic E-state index is -0.152. The van der Waals surface area contributed by atoms with E-state index in [0.717, 1.165) is 12.0 Å². The van der Waals surface area contributed by atoms with Crippen LogP contribution in [0.2, 0.25) is 0 Å². The molecular formula is C21H23N3O3. The van der Waals surface area contributed by atoms with Crippen LogP contribution in [0.25, 0.3) is 22.9 Å². The van der Waals surface area contributed by atoms with Crippen molar-refractivity contribution in [1.82, 2.24) is 15.5 Å². The van der Waals surface area contributed by atoms with Gasteiger partial charge >= 0.3 is 0 Å². The average molecular weight is 365 g/mol. The first-order chi connectivity index (χ1) is 13.1. The first kappa shape index (κ1) is 18.6.